The predicted molar refractivity (Wildman–Crippen MR) is 128 cm³/mol. The molecule has 0 saturated carbocycles. The first kappa shape index (κ1) is 22.2. The zero-order valence-electron chi connectivity index (χ0n) is 18.5. The monoisotopic (exact) mass is 468 g/mol. The van der Waals surface area contributed by atoms with Gasteiger partial charge in [0.15, 0.2) is 11.5 Å². The van der Waals surface area contributed by atoms with Crippen LogP contribution in [0.4, 0.5) is 5.95 Å². The van der Waals surface area contributed by atoms with Gasteiger partial charge in [-0.2, -0.15) is 0 Å². The van der Waals surface area contributed by atoms with Crippen LogP contribution in [0.1, 0.15) is 0 Å². The SMILES string of the molecule is c1ccc(SN2CCN(c3ncc4cc5c(cc4n3)OCCOCCOCCO5)CC2)cc1. The van der Waals surface area contributed by atoms with Gasteiger partial charge in [0.05, 0.1) is 31.9 Å². The molecule has 3 aromatic rings. The summed E-state index contributed by atoms with van der Waals surface area (Å²) in [6, 6.07) is 14.4. The highest BCUT2D eigenvalue weighted by atomic mass is 32.2. The lowest BCUT2D eigenvalue weighted by molar-refractivity contribution is 0.0224. The van der Waals surface area contributed by atoms with Gasteiger partial charge >= 0.3 is 0 Å². The van der Waals surface area contributed by atoms with E-state index in [2.05, 4.69) is 38.5 Å². The molecule has 3 heterocycles. The normalized spacial score (nSPS) is 18.5. The fourth-order valence-electron chi connectivity index (χ4n) is 3.76. The van der Waals surface area contributed by atoms with E-state index in [1.165, 1.54) is 4.90 Å². The number of aromatic nitrogens is 2. The Hall–Kier alpha value is -2.59. The van der Waals surface area contributed by atoms with Crippen molar-refractivity contribution < 1.29 is 18.9 Å². The van der Waals surface area contributed by atoms with Gasteiger partial charge in [-0.05, 0) is 30.1 Å². The quantitative estimate of drug-likeness (QED) is 0.539. The lowest BCUT2D eigenvalue weighted by Gasteiger charge is -2.33. The number of benzene rings is 2. The molecule has 1 fully saturated rings. The second-order valence-electron chi connectivity index (χ2n) is 7.77. The van der Waals surface area contributed by atoms with Crippen LogP contribution >= 0.6 is 11.9 Å². The van der Waals surface area contributed by atoms with Crippen molar-refractivity contribution in [3.8, 4) is 11.5 Å². The number of hydrogen-bond acceptors (Lipinski definition) is 9. The molecule has 174 valence electrons. The first-order valence-corrected chi connectivity index (χ1v) is 12.1. The summed E-state index contributed by atoms with van der Waals surface area (Å²) in [5.41, 5.74) is 0.840. The van der Waals surface area contributed by atoms with E-state index in [1.807, 2.05) is 24.4 Å². The molecule has 9 heteroatoms. The Kier molecular flexibility index (Phi) is 7.42. The van der Waals surface area contributed by atoms with E-state index in [9.17, 15) is 0 Å². The molecule has 0 aliphatic carbocycles. The molecule has 1 aromatic heterocycles. The van der Waals surface area contributed by atoms with Crippen molar-refractivity contribution in [2.24, 2.45) is 0 Å². The van der Waals surface area contributed by atoms with Gasteiger partial charge in [-0.1, -0.05) is 18.2 Å². The molecule has 0 bridgehead atoms. The predicted octanol–water partition coefficient (Wildman–Crippen LogP) is 3.26. The number of piperazine rings is 1. The fourth-order valence-corrected chi connectivity index (χ4v) is 4.68. The van der Waals surface area contributed by atoms with Gasteiger partial charge in [0.2, 0.25) is 5.95 Å². The van der Waals surface area contributed by atoms with Gasteiger partial charge in [-0.3, -0.25) is 0 Å². The summed E-state index contributed by atoms with van der Waals surface area (Å²) in [4.78, 5) is 13.0. The summed E-state index contributed by atoms with van der Waals surface area (Å²) in [7, 11) is 0. The van der Waals surface area contributed by atoms with Gasteiger partial charge in [0, 0.05) is 48.7 Å². The van der Waals surface area contributed by atoms with Crippen LogP contribution in [0.5, 0.6) is 11.5 Å². The Morgan fingerprint density at radius 2 is 1.42 bits per heavy atom. The van der Waals surface area contributed by atoms with Crippen LogP contribution in [0.15, 0.2) is 53.6 Å². The minimum Gasteiger partial charge on any atom is -0.487 e. The standard InChI is InChI=1S/C24H28N4O4S/c1-2-4-20(5-3-1)33-28-8-6-27(7-9-28)24-25-18-19-16-22-23(17-21(19)26-24)32-15-13-30-11-10-29-12-14-31-22/h1-5,16-18H,6-15H2. The van der Waals surface area contributed by atoms with Gasteiger partial charge < -0.3 is 23.8 Å². The van der Waals surface area contributed by atoms with E-state index >= 15 is 0 Å². The molecule has 0 amide bonds. The van der Waals surface area contributed by atoms with Crippen LogP contribution in [0.25, 0.3) is 10.9 Å². The third-order valence-electron chi connectivity index (χ3n) is 5.47. The Balaban J connectivity index is 1.28. The van der Waals surface area contributed by atoms with E-state index in [1.54, 1.807) is 11.9 Å². The van der Waals surface area contributed by atoms with Crippen LogP contribution in [-0.2, 0) is 9.47 Å². The third kappa shape index (κ3) is 5.86. The van der Waals surface area contributed by atoms with Crippen LogP contribution in [0.3, 0.4) is 0 Å². The van der Waals surface area contributed by atoms with Gasteiger partial charge in [-0.25, -0.2) is 14.3 Å². The van der Waals surface area contributed by atoms with Gasteiger partial charge in [0.25, 0.3) is 0 Å². The Bertz CT molecular complexity index is 1050. The van der Waals surface area contributed by atoms with Crippen molar-refractivity contribution in [1.29, 1.82) is 0 Å². The Morgan fingerprint density at radius 1 is 0.758 bits per heavy atom. The molecular formula is C24H28N4O4S. The Morgan fingerprint density at radius 3 is 2.15 bits per heavy atom. The zero-order chi connectivity index (χ0) is 22.3. The van der Waals surface area contributed by atoms with E-state index in [0.717, 1.165) is 43.0 Å². The minimum absolute atomic E-state index is 0.445. The summed E-state index contributed by atoms with van der Waals surface area (Å²) in [5, 5.41) is 0.920. The molecule has 33 heavy (non-hydrogen) atoms. The summed E-state index contributed by atoms with van der Waals surface area (Å²) in [6.45, 7) is 6.68. The highest BCUT2D eigenvalue weighted by Gasteiger charge is 2.20. The second kappa shape index (κ2) is 11.0. The summed E-state index contributed by atoms with van der Waals surface area (Å²) < 4.78 is 25.3. The second-order valence-corrected chi connectivity index (χ2v) is 8.94. The fraction of sp³-hybridized carbons (Fsp3) is 0.417. The third-order valence-corrected chi connectivity index (χ3v) is 6.58. The molecule has 0 spiro atoms. The van der Waals surface area contributed by atoms with E-state index in [0.29, 0.717) is 51.1 Å². The topological polar surface area (TPSA) is 69.2 Å². The maximum absolute atomic E-state index is 5.95. The highest BCUT2D eigenvalue weighted by Crippen LogP contribution is 2.33. The van der Waals surface area contributed by atoms with E-state index in [-0.39, 0.29) is 0 Å². The lowest BCUT2D eigenvalue weighted by Crippen LogP contribution is -2.44. The number of ether oxygens (including phenoxy) is 4. The minimum atomic E-state index is 0.445. The van der Waals surface area contributed by atoms with Crippen molar-refractivity contribution in [3.63, 3.8) is 0 Å². The number of hydrogen-bond donors (Lipinski definition) is 0. The average Bonchev–Trinajstić information content (AvgIpc) is 2.85. The van der Waals surface area contributed by atoms with E-state index < -0.39 is 0 Å². The summed E-state index contributed by atoms with van der Waals surface area (Å²) in [5.74, 6) is 2.09. The van der Waals surface area contributed by atoms with Crippen LogP contribution in [0, 0.1) is 0 Å². The van der Waals surface area contributed by atoms with Crippen LogP contribution in [0.2, 0.25) is 0 Å². The van der Waals surface area contributed by atoms with Crippen molar-refractivity contribution >= 4 is 28.8 Å². The zero-order valence-corrected chi connectivity index (χ0v) is 19.3. The van der Waals surface area contributed by atoms with Gasteiger partial charge in [0.1, 0.15) is 13.2 Å². The molecule has 1 saturated heterocycles. The first-order valence-electron chi connectivity index (χ1n) is 11.3. The molecule has 0 atom stereocenters. The van der Waals surface area contributed by atoms with Crippen molar-refractivity contribution in [2.75, 3.05) is 70.7 Å². The van der Waals surface area contributed by atoms with Crippen LogP contribution < -0.4 is 14.4 Å². The lowest BCUT2D eigenvalue weighted by atomic mass is 10.2. The van der Waals surface area contributed by atoms with Crippen LogP contribution in [-0.4, -0.2) is 80.1 Å². The average molecular weight is 469 g/mol. The molecule has 0 radical (unpaired) electrons. The molecule has 2 aliphatic heterocycles. The summed E-state index contributed by atoms with van der Waals surface area (Å²) in [6.07, 6.45) is 1.86. The van der Waals surface area contributed by atoms with Gasteiger partial charge in [-0.15, -0.1) is 0 Å². The number of nitrogens with zero attached hydrogens (tertiary/aromatic N) is 4. The molecule has 0 N–H and O–H groups in total. The molecule has 2 aromatic carbocycles. The largest absolute Gasteiger partial charge is 0.487 e. The highest BCUT2D eigenvalue weighted by molar-refractivity contribution is 7.97. The van der Waals surface area contributed by atoms with Crippen molar-refractivity contribution in [1.82, 2.24) is 14.3 Å². The van der Waals surface area contributed by atoms with E-state index in [4.69, 9.17) is 23.9 Å². The molecule has 2 aliphatic rings. The van der Waals surface area contributed by atoms with Crippen molar-refractivity contribution in [2.45, 2.75) is 4.90 Å². The Labute approximate surface area is 197 Å². The molecule has 5 rings (SSSR count). The number of fused-ring (bicyclic) bond motifs is 2. The molecular weight excluding hydrogens is 440 g/mol. The first-order chi connectivity index (χ1) is 16.3. The molecule has 0 unspecified atom stereocenters. The summed E-state index contributed by atoms with van der Waals surface area (Å²) >= 11 is 1.81. The maximum Gasteiger partial charge on any atom is 0.225 e. The maximum atomic E-state index is 5.95. The number of rotatable bonds is 3. The molecule has 8 nitrogen and oxygen atoms in total. The number of anilines is 1. The smallest absolute Gasteiger partial charge is 0.225 e. The van der Waals surface area contributed by atoms with Crippen molar-refractivity contribution in [3.05, 3.63) is 48.7 Å².